The lowest BCUT2D eigenvalue weighted by molar-refractivity contribution is 0.340. The molecule has 19 heavy (non-hydrogen) atoms. The average Bonchev–Trinajstić information content (AvgIpc) is 2.83. The first kappa shape index (κ1) is 12.0. The topological polar surface area (TPSA) is 22.1 Å². The highest BCUT2D eigenvalue weighted by molar-refractivity contribution is 5.85. The standard InChI is InChI=1S/C17H17NO/c1-2-19-16-7-8-17-14(5-6-15(17)11-16)10-13-4-3-9-18-12-13/h3-4,7-12H,2,5-6H2,1H3. The zero-order valence-corrected chi connectivity index (χ0v) is 11.1. The van der Waals surface area contributed by atoms with E-state index in [0.29, 0.717) is 0 Å². The molecule has 3 rings (SSSR count). The first-order chi connectivity index (χ1) is 9.36. The molecule has 1 heterocycles. The van der Waals surface area contributed by atoms with Crippen molar-refractivity contribution in [2.24, 2.45) is 0 Å². The smallest absolute Gasteiger partial charge is 0.119 e. The van der Waals surface area contributed by atoms with Crippen molar-refractivity contribution < 1.29 is 4.74 Å². The first-order valence-corrected chi connectivity index (χ1v) is 6.73. The summed E-state index contributed by atoms with van der Waals surface area (Å²) in [7, 11) is 0. The van der Waals surface area contributed by atoms with Crippen LogP contribution in [0.15, 0.2) is 42.7 Å². The van der Waals surface area contributed by atoms with Gasteiger partial charge in [0.15, 0.2) is 0 Å². The summed E-state index contributed by atoms with van der Waals surface area (Å²) >= 11 is 0. The summed E-state index contributed by atoms with van der Waals surface area (Å²) in [6, 6.07) is 10.5. The fourth-order valence-corrected chi connectivity index (χ4v) is 2.56. The molecule has 0 amide bonds. The Kier molecular flexibility index (Phi) is 3.32. The van der Waals surface area contributed by atoms with Gasteiger partial charge in [0.2, 0.25) is 0 Å². The molecule has 96 valence electrons. The largest absolute Gasteiger partial charge is 0.494 e. The van der Waals surface area contributed by atoms with Gasteiger partial charge in [0.1, 0.15) is 5.75 Å². The summed E-state index contributed by atoms with van der Waals surface area (Å²) in [5.74, 6) is 0.976. The van der Waals surface area contributed by atoms with Gasteiger partial charge in [-0.1, -0.05) is 12.1 Å². The summed E-state index contributed by atoms with van der Waals surface area (Å²) in [5, 5.41) is 0. The normalized spacial score (nSPS) is 15.5. The van der Waals surface area contributed by atoms with Crippen LogP contribution in [0, 0.1) is 0 Å². The van der Waals surface area contributed by atoms with Crippen LogP contribution in [-0.4, -0.2) is 11.6 Å². The summed E-state index contributed by atoms with van der Waals surface area (Å²) in [4.78, 5) is 4.16. The van der Waals surface area contributed by atoms with Gasteiger partial charge in [0.25, 0.3) is 0 Å². The lowest BCUT2D eigenvalue weighted by atomic mass is 10.0. The Morgan fingerprint density at radius 2 is 2.21 bits per heavy atom. The lowest BCUT2D eigenvalue weighted by Gasteiger charge is -2.06. The number of benzene rings is 1. The maximum Gasteiger partial charge on any atom is 0.119 e. The SMILES string of the molecule is CCOc1ccc2c(c1)CCC2=Cc1cccnc1. The van der Waals surface area contributed by atoms with E-state index in [1.165, 1.54) is 22.3 Å². The van der Waals surface area contributed by atoms with Crippen LogP contribution < -0.4 is 4.74 Å². The number of hydrogen-bond donors (Lipinski definition) is 0. The molecule has 0 atom stereocenters. The minimum Gasteiger partial charge on any atom is -0.494 e. The monoisotopic (exact) mass is 251 g/mol. The molecule has 1 aliphatic rings. The molecular weight excluding hydrogens is 234 g/mol. The molecule has 0 N–H and O–H groups in total. The van der Waals surface area contributed by atoms with E-state index in [0.717, 1.165) is 25.2 Å². The molecule has 0 aliphatic heterocycles. The van der Waals surface area contributed by atoms with Gasteiger partial charge in [-0.2, -0.15) is 0 Å². The number of aromatic nitrogens is 1. The Hall–Kier alpha value is -2.09. The summed E-state index contributed by atoms with van der Waals surface area (Å²) in [6.45, 7) is 2.73. The van der Waals surface area contributed by atoms with E-state index in [2.05, 4.69) is 35.3 Å². The van der Waals surface area contributed by atoms with Crippen molar-refractivity contribution in [2.75, 3.05) is 6.61 Å². The van der Waals surface area contributed by atoms with Crippen molar-refractivity contribution in [1.82, 2.24) is 4.98 Å². The van der Waals surface area contributed by atoms with E-state index in [9.17, 15) is 0 Å². The van der Waals surface area contributed by atoms with Crippen LogP contribution in [0.4, 0.5) is 0 Å². The Bertz CT molecular complexity index is 602. The predicted molar refractivity (Wildman–Crippen MR) is 78.0 cm³/mol. The zero-order valence-electron chi connectivity index (χ0n) is 11.1. The molecule has 0 bridgehead atoms. The number of rotatable bonds is 3. The van der Waals surface area contributed by atoms with Gasteiger partial charge in [-0.3, -0.25) is 4.98 Å². The third kappa shape index (κ3) is 2.53. The molecule has 0 spiro atoms. The van der Waals surface area contributed by atoms with Crippen LogP contribution in [0.1, 0.15) is 30.0 Å². The molecule has 1 aromatic heterocycles. The van der Waals surface area contributed by atoms with E-state index in [1.807, 2.05) is 19.2 Å². The molecular formula is C17H17NO. The molecule has 0 saturated carbocycles. The number of aryl methyl sites for hydroxylation is 1. The zero-order chi connectivity index (χ0) is 13.1. The van der Waals surface area contributed by atoms with Crippen LogP contribution in [0.3, 0.4) is 0 Å². The fraction of sp³-hybridized carbons (Fsp3) is 0.235. The highest BCUT2D eigenvalue weighted by Crippen LogP contribution is 2.35. The number of fused-ring (bicyclic) bond motifs is 1. The summed E-state index contributed by atoms with van der Waals surface area (Å²) < 4.78 is 5.56. The number of pyridine rings is 1. The van der Waals surface area contributed by atoms with E-state index in [-0.39, 0.29) is 0 Å². The van der Waals surface area contributed by atoms with Crippen LogP contribution in [0.25, 0.3) is 11.6 Å². The molecule has 2 heteroatoms. The fourth-order valence-electron chi connectivity index (χ4n) is 2.56. The van der Waals surface area contributed by atoms with Gasteiger partial charge >= 0.3 is 0 Å². The number of nitrogens with zero attached hydrogens (tertiary/aromatic N) is 1. The van der Waals surface area contributed by atoms with Gasteiger partial charge in [0.05, 0.1) is 6.61 Å². The van der Waals surface area contributed by atoms with Gasteiger partial charge < -0.3 is 4.74 Å². The Morgan fingerprint density at radius 3 is 3.00 bits per heavy atom. The molecule has 2 nitrogen and oxygen atoms in total. The maximum absolute atomic E-state index is 5.56. The van der Waals surface area contributed by atoms with E-state index in [4.69, 9.17) is 4.74 Å². The minimum atomic E-state index is 0.719. The van der Waals surface area contributed by atoms with Crippen molar-refractivity contribution >= 4 is 11.6 Å². The Labute approximate surface area is 113 Å². The van der Waals surface area contributed by atoms with E-state index in [1.54, 1.807) is 6.20 Å². The quantitative estimate of drug-likeness (QED) is 0.823. The van der Waals surface area contributed by atoms with Gasteiger partial charge in [-0.05, 0) is 66.3 Å². The lowest BCUT2D eigenvalue weighted by Crippen LogP contribution is -1.92. The van der Waals surface area contributed by atoms with Crippen molar-refractivity contribution in [3.63, 3.8) is 0 Å². The molecule has 1 aromatic carbocycles. The van der Waals surface area contributed by atoms with Crippen LogP contribution in [-0.2, 0) is 6.42 Å². The second-order valence-corrected chi connectivity index (χ2v) is 4.71. The Balaban J connectivity index is 1.92. The van der Waals surface area contributed by atoms with Crippen molar-refractivity contribution in [1.29, 1.82) is 0 Å². The third-order valence-corrected chi connectivity index (χ3v) is 3.42. The molecule has 0 radical (unpaired) electrons. The van der Waals surface area contributed by atoms with Crippen molar-refractivity contribution in [3.05, 3.63) is 59.4 Å². The molecule has 0 saturated heterocycles. The number of ether oxygens (including phenoxy) is 1. The van der Waals surface area contributed by atoms with Crippen LogP contribution >= 0.6 is 0 Å². The molecule has 2 aromatic rings. The van der Waals surface area contributed by atoms with E-state index >= 15 is 0 Å². The van der Waals surface area contributed by atoms with Gasteiger partial charge in [0, 0.05) is 12.4 Å². The second-order valence-electron chi connectivity index (χ2n) is 4.71. The minimum absolute atomic E-state index is 0.719. The van der Waals surface area contributed by atoms with Gasteiger partial charge in [-0.25, -0.2) is 0 Å². The van der Waals surface area contributed by atoms with Crippen LogP contribution in [0.5, 0.6) is 5.75 Å². The summed E-state index contributed by atoms with van der Waals surface area (Å²) in [5.41, 5.74) is 5.30. The third-order valence-electron chi connectivity index (χ3n) is 3.42. The highest BCUT2D eigenvalue weighted by atomic mass is 16.5. The predicted octanol–water partition coefficient (Wildman–Crippen LogP) is 3.97. The first-order valence-electron chi connectivity index (χ1n) is 6.73. The van der Waals surface area contributed by atoms with Crippen molar-refractivity contribution in [2.45, 2.75) is 19.8 Å². The molecule has 0 fully saturated rings. The summed E-state index contributed by atoms with van der Waals surface area (Å²) in [6.07, 6.45) is 8.14. The molecule has 0 unspecified atom stereocenters. The maximum atomic E-state index is 5.56. The molecule has 1 aliphatic carbocycles. The number of hydrogen-bond acceptors (Lipinski definition) is 2. The van der Waals surface area contributed by atoms with Crippen LogP contribution in [0.2, 0.25) is 0 Å². The van der Waals surface area contributed by atoms with Gasteiger partial charge in [-0.15, -0.1) is 0 Å². The number of allylic oxidation sites excluding steroid dienone is 1. The second kappa shape index (κ2) is 5.27. The van der Waals surface area contributed by atoms with Crippen molar-refractivity contribution in [3.8, 4) is 5.75 Å². The highest BCUT2D eigenvalue weighted by Gasteiger charge is 2.16. The Morgan fingerprint density at radius 1 is 1.26 bits per heavy atom. The van der Waals surface area contributed by atoms with E-state index < -0.39 is 0 Å². The average molecular weight is 251 g/mol.